The van der Waals surface area contributed by atoms with Crippen LogP contribution in [0.4, 0.5) is 9.59 Å². The van der Waals surface area contributed by atoms with E-state index < -0.39 is 0 Å². The lowest BCUT2D eigenvalue weighted by Gasteiger charge is -2.45. The van der Waals surface area contributed by atoms with Gasteiger partial charge in [0.2, 0.25) is 0 Å². The minimum atomic E-state index is -0.340. The van der Waals surface area contributed by atoms with Crippen molar-refractivity contribution in [3.63, 3.8) is 0 Å². The van der Waals surface area contributed by atoms with Crippen LogP contribution < -0.4 is 10.6 Å². The van der Waals surface area contributed by atoms with Gasteiger partial charge < -0.3 is 45.2 Å². The highest BCUT2D eigenvalue weighted by Crippen LogP contribution is 2.43. The van der Waals surface area contributed by atoms with Crippen LogP contribution in [0.1, 0.15) is 134 Å². The van der Waals surface area contributed by atoms with Gasteiger partial charge in [-0.3, -0.25) is 9.59 Å². The van der Waals surface area contributed by atoms with Gasteiger partial charge in [0.1, 0.15) is 0 Å². The predicted octanol–water partition coefficient (Wildman–Crippen LogP) is 15.6. The summed E-state index contributed by atoms with van der Waals surface area (Å²) in [6.07, 6.45) is 12.0. The monoisotopic (exact) mass is 1360 g/mol. The van der Waals surface area contributed by atoms with Crippen LogP contribution in [-0.4, -0.2) is 139 Å². The highest BCUT2D eigenvalue weighted by atomic mass is 35.5. The van der Waals surface area contributed by atoms with Crippen molar-refractivity contribution in [3.8, 4) is 0 Å². The molecule has 2 atom stereocenters. The lowest BCUT2D eigenvalue weighted by Crippen LogP contribution is -2.57. The van der Waals surface area contributed by atoms with Crippen LogP contribution in [0.25, 0.3) is 0 Å². The molecule has 2 unspecified atom stereocenters. The maximum Gasteiger partial charge on any atom is 0.407 e. The fourth-order valence-electron chi connectivity index (χ4n) is 14.1. The molecule has 4 amide bonds. The molecule has 0 radical (unpaired) electrons. The number of likely N-dealkylation sites (tertiary alicyclic amines) is 4. The van der Waals surface area contributed by atoms with E-state index in [9.17, 15) is 19.2 Å². The van der Waals surface area contributed by atoms with Crippen LogP contribution in [0.3, 0.4) is 0 Å². The van der Waals surface area contributed by atoms with Crippen molar-refractivity contribution in [2.45, 2.75) is 126 Å². The number of hydrogen-bond donors (Lipinski definition) is 2. The molecule has 0 spiro atoms. The minimum Gasteiger partial charge on any atom is -0.450 e. The summed E-state index contributed by atoms with van der Waals surface area (Å²) >= 11 is 25.7. The Morgan fingerprint density at radius 2 is 0.791 bits per heavy atom. The van der Waals surface area contributed by atoms with E-state index in [0.717, 1.165) is 165 Å². The number of benzene rings is 6. The normalized spacial score (nSPS) is 19.5. The first-order valence-corrected chi connectivity index (χ1v) is 33.2. The Bertz CT molecular complexity index is 3020. The molecule has 4 fully saturated rings. The molecule has 4 aliphatic heterocycles. The molecule has 10 rings (SSSR count). The van der Waals surface area contributed by atoms with Gasteiger partial charge in [-0.05, 0) is 188 Å². The number of halogens is 6. The number of hydrogen-bond acceptors (Lipinski definition) is 8. The van der Waals surface area contributed by atoms with E-state index in [1.165, 1.54) is 11.1 Å². The lowest BCUT2D eigenvalue weighted by atomic mass is 9.70. The van der Waals surface area contributed by atoms with E-state index in [1.54, 1.807) is 0 Å². The van der Waals surface area contributed by atoms with Gasteiger partial charge >= 0.3 is 12.2 Å². The second-order valence-corrected chi connectivity index (χ2v) is 26.3. The van der Waals surface area contributed by atoms with Crippen LogP contribution in [0, 0.1) is 0 Å². The van der Waals surface area contributed by atoms with Crippen LogP contribution in [0.15, 0.2) is 158 Å². The van der Waals surface area contributed by atoms with Crippen molar-refractivity contribution in [1.82, 2.24) is 30.2 Å². The molecule has 4 N–H and O–H groups in total. The molecule has 19 heteroatoms. The first kappa shape index (κ1) is 74.5. The summed E-state index contributed by atoms with van der Waals surface area (Å²) in [5, 5.41) is 8.65. The summed E-state index contributed by atoms with van der Waals surface area (Å²) in [5.74, 6) is 0.157. The molecule has 6 aromatic carbocycles. The van der Waals surface area contributed by atoms with Gasteiger partial charge in [-0.25, -0.2) is 9.59 Å². The van der Waals surface area contributed by atoms with Gasteiger partial charge in [0.05, 0.1) is 33.3 Å². The zero-order chi connectivity index (χ0) is 62.0. The number of alkyl carbamates (subject to hydrolysis) is 2. The van der Waals surface area contributed by atoms with Gasteiger partial charge in [-0.15, -0.1) is 24.8 Å². The van der Waals surface area contributed by atoms with Crippen LogP contribution in [-0.2, 0) is 33.1 Å². The fourth-order valence-corrected chi connectivity index (χ4v) is 14.7. The Morgan fingerprint density at radius 3 is 1.12 bits per heavy atom. The summed E-state index contributed by atoms with van der Waals surface area (Å²) in [4.78, 5) is 61.1. The van der Waals surface area contributed by atoms with E-state index in [0.29, 0.717) is 46.4 Å². The highest BCUT2D eigenvalue weighted by Gasteiger charge is 2.43. The zero-order valence-corrected chi connectivity index (χ0v) is 57.1. The summed E-state index contributed by atoms with van der Waals surface area (Å²) in [6, 6.07) is 51.8. The van der Waals surface area contributed by atoms with Gasteiger partial charge in [0, 0.05) is 85.4 Å². The quantitative estimate of drug-likeness (QED) is 0.0765. The summed E-state index contributed by atoms with van der Waals surface area (Å²) in [5.41, 5.74) is 5.13. The van der Waals surface area contributed by atoms with Crippen molar-refractivity contribution in [3.05, 3.63) is 211 Å². The van der Waals surface area contributed by atoms with E-state index in [1.807, 2.05) is 145 Å². The van der Waals surface area contributed by atoms with Crippen molar-refractivity contribution in [2.75, 3.05) is 78.7 Å². The Hall–Kier alpha value is -5.58. The van der Waals surface area contributed by atoms with Gasteiger partial charge in [-0.1, -0.05) is 156 Å². The molecule has 0 aliphatic carbocycles. The zero-order valence-electron chi connectivity index (χ0n) is 52.5. The smallest absolute Gasteiger partial charge is 0.407 e. The number of nitrogens with one attached hydrogen (secondary N) is 2. The molecule has 13 nitrogen and oxygen atoms in total. The summed E-state index contributed by atoms with van der Waals surface area (Å²) in [7, 11) is 0. The predicted molar refractivity (Wildman–Crippen MR) is 373 cm³/mol. The molecule has 492 valence electrons. The number of carbonyl (C=O) groups excluding carboxylic acids is 4. The number of amides is 4. The number of nitrogens with zero attached hydrogens (tertiary/aromatic N) is 4. The maximum absolute atomic E-state index is 13.5. The SMILES string of the molecule is CCOC(=O)NC1(Cc2ccccc2)CCN(CCCC2(c3ccc(Cl)c(Cl)c3)CCCN(C(=O)c3ccccc3)C2)CC1.CCOC(=O)NC1(Cc2ccccc2)CCN(CCCC2(c3ccc(Cl)c(Cl)c3)CCCN(C(=O)c3ccccc3)C2)CC1.Cl.Cl.O. The molecule has 0 bridgehead atoms. The van der Waals surface area contributed by atoms with Crippen molar-refractivity contribution >= 4 is 95.2 Å². The lowest BCUT2D eigenvalue weighted by molar-refractivity contribution is 0.0609. The largest absolute Gasteiger partial charge is 0.450 e. The Morgan fingerprint density at radius 1 is 0.451 bits per heavy atom. The molecule has 91 heavy (non-hydrogen) atoms. The second kappa shape index (κ2) is 35.6. The highest BCUT2D eigenvalue weighted by molar-refractivity contribution is 6.42. The fraction of sp³-hybridized carbons (Fsp3) is 0.444. The Kier molecular flexibility index (Phi) is 29.1. The first-order valence-electron chi connectivity index (χ1n) is 31.7. The second-order valence-electron chi connectivity index (χ2n) is 24.7. The minimum absolute atomic E-state index is 0. The van der Waals surface area contributed by atoms with E-state index in [-0.39, 0.29) is 76.2 Å². The molecule has 6 aromatic rings. The molecule has 4 saturated heterocycles. The summed E-state index contributed by atoms with van der Waals surface area (Å²) < 4.78 is 10.6. The van der Waals surface area contributed by atoms with Crippen LogP contribution >= 0.6 is 71.2 Å². The van der Waals surface area contributed by atoms with Crippen LogP contribution in [0.2, 0.25) is 20.1 Å². The van der Waals surface area contributed by atoms with E-state index >= 15 is 0 Å². The molecule has 4 heterocycles. The van der Waals surface area contributed by atoms with Crippen molar-refractivity contribution in [2.24, 2.45) is 0 Å². The Labute approximate surface area is 571 Å². The Balaban J connectivity index is 0.000000280. The third kappa shape index (κ3) is 20.2. The van der Waals surface area contributed by atoms with Gasteiger partial charge in [0.15, 0.2) is 0 Å². The molecule has 0 aromatic heterocycles. The third-order valence-electron chi connectivity index (χ3n) is 18.8. The van der Waals surface area contributed by atoms with Crippen molar-refractivity contribution < 1.29 is 34.1 Å². The number of ether oxygens (including phenoxy) is 2. The van der Waals surface area contributed by atoms with E-state index in [4.69, 9.17) is 55.9 Å². The molecule has 4 aliphatic rings. The third-order valence-corrected chi connectivity index (χ3v) is 20.3. The molecule has 0 saturated carbocycles. The molecular formula is C72H90Cl6N6O7. The first-order chi connectivity index (χ1) is 42.6. The van der Waals surface area contributed by atoms with Gasteiger partial charge in [0.25, 0.3) is 11.8 Å². The number of rotatable bonds is 20. The topological polar surface area (TPSA) is 155 Å². The maximum atomic E-state index is 13.5. The number of piperidine rings is 4. The average Bonchev–Trinajstić information content (AvgIpc) is 1.04. The average molecular weight is 1360 g/mol. The van der Waals surface area contributed by atoms with E-state index in [2.05, 4.69) is 56.8 Å². The molecular weight excluding hydrogens is 1270 g/mol. The summed E-state index contributed by atoms with van der Waals surface area (Å²) in [6.45, 7) is 12.7. The van der Waals surface area contributed by atoms with Gasteiger partial charge in [-0.2, -0.15) is 0 Å². The number of carbonyl (C=O) groups is 4. The standard InChI is InChI=1S/2C36H43Cl2N3O3.2ClH.H2O/c2*1-2-44-34(43)39-36(26-28-11-5-3-6-12-28)19-23-40(24-20-36)21-9-17-35(30-15-16-31(37)32(38)25-30)18-10-22-41(27-35)33(42)29-13-7-4-8-14-29;;;/h2*3-8,11-16,25H,2,9-10,17-24,26-27H2,1H3,(H,39,43);2*1H;1H2. The van der Waals surface area contributed by atoms with Crippen LogP contribution in [0.5, 0.6) is 0 Å². The van der Waals surface area contributed by atoms with Crippen molar-refractivity contribution in [1.29, 1.82) is 0 Å².